The predicted molar refractivity (Wildman–Crippen MR) is 101 cm³/mol. The first-order valence-electron chi connectivity index (χ1n) is 9.15. The van der Waals surface area contributed by atoms with Crippen LogP contribution in [-0.4, -0.2) is 32.0 Å². The fourth-order valence-corrected chi connectivity index (χ4v) is 3.83. The second-order valence-electron chi connectivity index (χ2n) is 6.94. The molecule has 1 aromatic carbocycles. The molecule has 0 bridgehead atoms. The number of hydrogen-bond acceptors (Lipinski definition) is 4. The van der Waals surface area contributed by atoms with E-state index in [0.29, 0.717) is 24.7 Å². The maximum Gasteiger partial charge on any atom is 0.258 e. The van der Waals surface area contributed by atoms with E-state index in [1.54, 1.807) is 16.7 Å². The molecule has 1 aliphatic heterocycles. The van der Waals surface area contributed by atoms with E-state index in [2.05, 4.69) is 9.88 Å². The number of aliphatic hydroxyl groups is 1. The van der Waals surface area contributed by atoms with Gasteiger partial charge in [0.2, 0.25) is 0 Å². The number of rotatable bonds is 5. The average Bonchev–Trinajstić information content (AvgIpc) is 3.09. The van der Waals surface area contributed by atoms with Gasteiger partial charge in [0.15, 0.2) is 0 Å². The molecule has 1 fully saturated rings. The number of likely N-dealkylation sites (tertiary alicyclic amines) is 1. The summed E-state index contributed by atoms with van der Waals surface area (Å²) >= 11 is 0. The highest BCUT2D eigenvalue weighted by Crippen LogP contribution is 2.28. The molecule has 5 heteroatoms. The summed E-state index contributed by atoms with van der Waals surface area (Å²) < 4.78 is 1.56. The summed E-state index contributed by atoms with van der Waals surface area (Å²) in [7, 11) is 0. The van der Waals surface area contributed by atoms with Crippen molar-refractivity contribution in [3.05, 3.63) is 82.4 Å². The molecule has 0 aliphatic carbocycles. The first-order valence-corrected chi connectivity index (χ1v) is 9.15. The Labute approximate surface area is 152 Å². The summed E-state index contributed by atoms with van der Waals surface area (Å²) in [6.07, 6.45) is 4.16. The van der Waals surface area contributed by atoms with E-state index >= 15 is 0 Å². The topological polar surface area (TPSA) is 57.8 Å². The molecule has 0 unspecified atom stereocenters. The lowest BCUT2D eigenvalue weighted by Crippen LogP contribution is -2.31. The van der Waals surface area contributed by atoms with Gasteiger partial charge in [-0.05, 0) is 43.5 Å². The second-order valence-corrected chi connectivity index (χ2v) is 6.94. The van der Waals surface area contributed by atoms with Crippen LogP contribution < -0.4 is 5.56 Å². The molecular weight excluding hydrogens is 326 g/mol. The Balaban J connectivity index is 1.50. The van der Waals surface area contributed by atoms with E-state index in [1.165, 1.54) is 0 Å². The molecule has 3 heterocycles. The molecule has 3 aromatic rings. The number of fused-ring (bicyclic) bond motifs is 1. The van der Waals surface area contributed by atoms with E-state index in [9.17, 15) is 9.90 Å². The highest BCUT2D eigenvalue weighted by molar-refractivity contribution is 5.38. The van der Waals surface area contributed by atoms with Gasteiger partial charge < -0.3 is 5.11 Å². The van der Waals surface area contributed by atoms with E-state index in [1.807, 2.05) is 48.5 Å². The van der Waals surface area contributed by atoms with Gasteiger partial charge in [0.05, 0.1) is 11.8 Å². The second kappa shape index (κ2) is 7.40. The molecule has 0 spiro atoms. The van der Waals surface area contributed by atoms with Crippen molar-refractivity contribution in [2.75, 3.05) is 6.54 Å². The van der Waals surface area contributed by atoms with Gasteiger partial charge in [0.25, 0.3) is 5.56 Å². The van der Waals surface area contributed by atoms with E-state index < -0.39 is 6.10 Å². The van der Waals surface area contributed by atoms with Gasteiger partial charge >= 0.3 is 0 Å². The van der Waals surface area contributed by atoms with Crippen molar-refractivity contribution >= 4 is 5.65 Å². The third-order valence-corrected chi connectivity index (χ3v) is 5.17. The van der Waals surface area contributed by atoms with Crippen LogP contribution in [0.1, 0.15) is 36.6 Å². The van der Waals surface area contributed by atoms with Crippen molar-refractivity contribution in [1.29, 1.82) is 0 Å². The van der Waals surface area contributed by atoms with Gasteiger partial charge in [-0.1, -0.05) is 36.4 Å². The zero-order valence-corrected chi connectivity index (χ0v) is 14.7. The smallest absolute Gasteiger partial charge is 0.258 e. The molecule has 26 heavy (non-hydrogen) atoms. The van der Waals surface area contributed by atoms with Crippen molar-refractivity contribution in [3.8, 4) is 0 Å². The van der Waals surface area contributed by atoms with Gasteiger partial charge in [0, 0.05) is 24.8 Å². The van der Waals surface area contributed by atoms with Crippen LogP contribution in [0.2, 0.25) is 0 Å². The highest BCUT2D eigenvalue weighted by Gasteiger charge is 2.27. The summed E-state index contributed by atoms with van der Waals surface area (Å²) in [5.41, 5.74) is 2.38. The van der Waals surface area contributed by atoms with E-state index in [-0.39, 0.29) is 5.56 Å². The molecule has 1 N–H and O–H groups in total. The van der Waals surface area contributed by atoms with Crippen LogP contribution in [0.5, 0.6) is 0 Å². The summed E-state index contributed by atoms with van der Waals surface area (Å²) in [4.78, 5) is 19.3. The molecule has 0 saturated carbocycles. The SMILES string of the molecule is O=c1cc(CN2CCC[C@@H]2C[C@@H](O)c2ccccc2)nc2ccccn12. The third-order valence-electron chi connectivity index (χ3n) is 5.17. The van der Waals surface area contributed by atoms with Crippen molar-refractivity contribution < 1.29 is 5.11 Å². The van der Waals surface area contributed by atoms with Gasteiger partial charge in [-0.15, -0.1) is 0 Å². The van der Waals surface area contributed by atoms with Crippen LogP contribution in [0.3, 0.4) is 0 Å². The summed E-state index contributed by atoms with van der Waals surface area (Å²) in [6, 6.07) is 17.3. The minimum atomic E-state index is -0.461. The number of pyridine rings is 1. The Hall–Kier alpha value is -2.50. The Morgan fingerprint density at radius 2 is 1.96 bits per heavy atom. The molecule has 134 valence electrons. The molecule has 2 atom stereocenters. The molecule has 2 aromatic heterocycles. The summed E-state index contributed by atoms with van der Waals surface area (Å²) in [6.45, 7) is 1.62. The average molecular weight is 349 g/mol. The van der Waals surface area contributed by atoms with Crippen LogP contribution in [-0.2, 0) is 6.54 Å². The fraction of sp³-hybridized carbons (Fsp3) is 0.333. The monoisotopic (exact) mass is 349 g/mol. The van der Waals surface area contributed by atoms with Crippen LogP contribution in [0.4, 0.5) is 0 Å². The molecule has 0 radical (unpaired) electrons. The maximum absolute atomic E-state index is 12.3. The van der Waals surface area contributed by atoms with Crippen molar-refractivity contribution in [3.63, 3.8) is 0 Å². The first-order chi connectivity index (χ1) is 12.7. The predicted octanol–water partition coefficient (Wildman–Crippen LogP) is 2.78. The molecule has 1 aliphatic rings. The lowest BCUT2D eigenvalue weighted by molar-refractivity contribution is 0.117. The van der Waals surface area contributed by atoms with E-state index in [0.717, 1.165) is 30.6 Å². The van der Waals surface area contributed by atoms with Crippen LogP contribution >= 0.6 is 0 Å². The Bertz CT molecular complexity index is 939. The number of benzene rings is 1. The summed E-state index contributed by atoms with van der Waals surface area (Å²) in [5.74, 6) is 0. The number of aliphatic hydroxyl groups excluding tert-OH is 1. The van der Waals surface area contributed by atoms with Crippen LogP contribution in [0.25, 0.3) is 5.65 Å². The number of aromatic nitrogens is 2. The molecule has 4 rings (SSSR count). The number of hydrogen-bond donors (Lipinski definition) is 1. The Kier molecular flexibility index (Phi) is 4.82. The van der Waals surface area contributed by atoms with Gasteiger partial charge in [-0.2, -0.15) is 0 Å². The van der Waals surface area contributed by atoms with Gasteiger partial charge in [-0.25, -0.2) is 4.98 Å². The standard InChI is InChI=1S/C21H23N3O2/c25-19(16-7-2-1-3-8-16)14-18-9-6-11-23(18)15-17-13-21(26)24-12-5-4-10-20(24)22-17/h1-5,7-8,10,12-13,18-19,25H,6,9,11,14-15H2/t18-,19-/m1/s1. The quantitative estimate of drug-likeness (QED) is 0.769. The largest absolute Gasteiger partial charge is 0.388 e. The number of nitrogens with zero attached hydrogens (tertiary/aromatic N) is 3. The molecule has 0 amide bonds. The van der Waals surface area contributed by atoms with Crippen molar-refractivity contribution in [2.45, 2.75) is 38.0 Å². The minimum absolute atomic E-state index is 0.0503. The fourth-order valence-electron chi connectivity index (χ4n) is 3.83. The van der Waals surface area contributed by atoms with Crippen molar-refractivity contribution in [1.82, 2.24) is 14.3 Å². The zero-order valence-electron chi connectivity index (χ0n) is 14.7. The third kappa shape index (κ3) is 3.54. The van der Waals surface area contributed by atoms with Gasteiger partial charge in [-0.3, -0.25) is 14.1 Å². The van der Waals surface area contributed by atoms with Crippen LogP contribution in [0.15, 0.2) is 65.6 Å². The minimum Gasteiger partial charge on any atom is -0.388 e. The maximum atomic E-state index is 12.3. The Morgan fingerprint density at radius 3 is 2.81 bits per heavy atom. The normalized spacial score (nSPS) is 19.0. The van der Waals surface area contributed by atoms with Crippen LogP contribution in [0, 0.1) is 0 Å². The summed E-state index contributed by atoms with van der Waals surface area (Å²) in [5, 5.41) is 10.6. The Morgan fingerprint density at radius 1 is 1.15 bits per heavy atom. The lowest BCUT2D eigenvalue weighted by atomic mass is 10.0. The van der Waals surface area contributed by atoms with Gasteiger partial charge in [0.1, 0.15) is 5.65 Å². The zero-order chi connectivity index (χ0) is 17.9. The lowest BCUT2D eigenvalue weighted by Gasteiger charge is -2.26. The van der Waals surface area contributed by atoms with Crippen molar-refractivity contribution in [2.24, 2.45) is 0 Å². The van der Waals surface area contributed by atoms with E-state index in [4.69, 9.17) is 0 Å². The molecule has 1 saturated heterocycles. The highest BCUT2D eigenvalue weighted by atomic mass is 16.3. The molecule has 5 nitrogen and oxygen atoms in total. The molecular formula is C21H23N3O2. The first kappa shape index (κ1) is 16.9.